The molecule has 0 saturated heterocycles. The van der Waals surface area contributed by atoms with E-state index in [-0.39, 0.29) is 5.60 Å². The van der Waals surface area contributed by atoms with Gasteiger partial charge in [-0.05, 0) is 19.3 Å². The lowest BCUT2D eigenvalue weighted by atomic mass is 9.83. The van der Waals surface area contributed by atoms with Gasteiger partial charge in [0.15, 0.2) is 0 Å². The highest BCUT2D eigenvalue weighted by atomic mass is 16.3. The SMILES string of the molecule is CCCCCCCCCCCCCCCCCCC1(O)CCCCCCC1. The van der Waals surface area contributed by atoms with Crippen molar-refractivity contribution in [2.75, 3.05) is 0 Å². The van der Waals surface area contributed by atoms with Gasteiger partial charge in [-0.25, -0.2) is 0 Å². The van der Waals surface area contributed by atoms with Gasteiger partial charge in [0.25, 0.3) is 0 Å². The van der Waals surface area contributed by atoms with Crippen LogP contribution in [0.25, 0.3) is 0 Å². The van der Waals surface area contributed by atoms with Crippen molar-refractivity contribution in [2.24, 2.45) is 0 Å². The van der Waals surface area contributed by atoms with Crippen LogP contribution >= 0.6 is 0 Å². The molecule has 0 amide bonds. The molecule has 1 fully saturated rings. The summed E-state index contributed by atoms with van der Waals surface area (Å²) in [5.41, 5.74) is -0.309. The normalized spacial score (nSPS) is 17.6. The molecule has 0 spiro atoms. The van der Waals surface area contributed by atoms with Crippen molar-refractivity contribution < 1.29 is 5.11 Å². The molecule has 0 heterocycles. The minimum atomic E-state index is -0.309. The lowest BCUT2D eigenvalue weighted by Crippen LogP contribution is -2.29. The third kappa shape index (κ3) is 15.5. The summed E-state index contributed by atoms with van der Waals surface area (Å²) >= 11 is 0. The van der Waals surface area contributed by atoms with E-state index in [1.54, 1.807) is 0 Å². The molecule has 1 N–H and O–H groups in total. The van der Waals surface area contributed by atoms with Gasteiger partial charge in [0.2, 0.25) is 0 Å². The van der Waals surface area contributed by atoms with Crippen LogP contribution in [0.4, 0.5) is 0 Å². The van der Waals surface area contributed by atoms with Crippen LogP contribution in [0.2, 0.25) is 0 Å². The first-order chi connectivity index (χ1) is 13.3. The topological polar surface area (TPSA) is 20.2 Å². The van der Waals surface area contributed by atoms with Gasteiger partial charge in [-0.2, -0.15) is 0 Å². The first-order valence-corrected chi connectivity index (χ1v) is 13.0. The van der Waals surface area contributed by atoms with Gasteiger partial charge < -0.3 is 5.11 Å². The van der Waals surface area contributed by atoms with E-state index < -0.39 is 0 Å². The minimum absolute atomic E-state index is 0.309. The van der Waals surface area contributed by atoms with Gasteiger partial charge in [0, 0.05) is 0 Å². The van der Waals surface area contributed by atoms with Crippen LogP contribution in [0.5, 0.6) is 0 Å². The Bertz CT molecular complexity index is 291. The number of hydrogen-bond donors (Lipinski definition) is 1. The van der Waals surface area contributed by atoms with E-state index in [1.165, 1.54) is 135 Å². The summed E-state index contributed by atoms with van der Waals surface area (Å²) in [6.07, 6.45) is 32.5. The number of aliphatic hydroxyl groups is 1. The number of hydrogen-bond acceptors (Lipinski definition) is 1. The zero-order chi connectivity index (χ0) is 19.5. The molecule has 0 radical (unpaired) electrons. The van der Waals surface area contributed by atoms with Crippen molar-refractivity contribution in [3.05, 3.63) is 0 Å². The van der Waals surface area contributed by atoms with E-state index in [0.29, 0.717) is 0 Å². The summed E-state index contributed by atoms with van der Waals surface area (Å²) in [6, 6.07) is 0. The summed E-state index contributed by atoms with van der Waals surface area (Å²) < 4.78 is 0. The first kappa shape index (κ1) is 25.0. The van der Waals surface area contributed by atoms with Gasteiger partial charge in [-0.15, -0.1) is 0 Å². The highest BCUT2D eigenvalue weighted by Crippen LogP contribution is 2.30. The van der Waals surface area contributed by atoms with Gasteiger partial charge in [-0.1, -0.05) is 142 Å². The Morgan fingerprint density at radius 1 is 0.481 bits per heavy atom. The number of rotatable bonds is 17. The molecule has 0 aliphatic heterocycles. The van der Waals surface area contributed by atoms with Gasteiger partial charge in [0.05, 0.1) is 5.60 Å². The maximum absolute atomic E-state index is 10.8. The summed E-state index contributed by atoms with van der Waals surface area (Å²) in [4.78, 5) is 0. The second-order valence-corrected chi connectivity index (χ2v) is 9.55. The molecule has 1 aliphatic rings. The van der Waals surface area contributed by atoms with Gasteiger partial charge in [0.1, 0.15) is 0 Å². The average Bonchev–Trinajstić information content (AvgIpc) is 2.65. The summed E-state index contributed by atoms with van der Waals surface area (Å²) in [5.74, 6) is 0. The van der Waals surface area contributed by atoms with Crippen molar-refractivity contribution in [3.63, 3.8) is 0 Å². The zero-order valence-corrected chi connectivity index (χ0v) is 18.9. The average molecular weight is 381 g/mol. The van der Waals surface area contributed by atoms with Crippen LogP contribution in [-0.2, 0) is 0 Å². The predicted molar refractivity (Wildman–Crippen MR) is 121 cm³/mol. The molecule has 162 valence electrons. The molecule has 0 aromatic carbocycles. The fraction of sp³-hybridized carbons (Fsp3) is 1.00. The van der Waals surface area contributed by atoms with Crippen molar-refractivity contribution in [1.29, 1.82) is 0 Å². The smallest absolute Gasteiger partial charge is 0.0647 e. The Labute approximate surface area is 172 Å². The van der Waals surface area contributed by atoms with Crippen LogP contribution in [0, 0.1) is 0 Å². The second-order valence-electron chi connectivity index (χ2n) is 9.55. The van der Waals surface area contributed by atoms with Crippen molar-refractivity contribution in [2.45, 2.75) is 167 Å². The Kier molecular flexibility index (Phi) is 16.7. The standard InChI is InChI=1S/C26H52O/c1-2-3-4-5-6-7-8-9-10-11-12-13-14-15-17-20-23-26(27)24-21-18-16-19-22-25-26/h27H,2-25H2,1H3. The van der Waals surface area contributed by atoms with E-state index in [2.05, 4.69) is 6.92 Å². The molecule has 0 aromatic rings. The Morgan fingerprint density at radius 2 is 0.815 bits per heavy atom. The van der Waals surface area contributed by atoms with Crippen LogP contribution < -0.4 is 0 Å². The molecule has 0 aromatic heterocycles. The summed E-state index contributed by atoms with van der Waals surface area (Å²) in [5, 5.41) is 10.8. The fourth-order valence-electron chi connectivity index (χ4n) is 4.82. The molecular weight excluding hydrogens is 328 g/mol. The maximum Gasteiger partial charge on any atom is 0.0647 e. The molecular formula is C26H52O. The van der Waals surface area contributed by atoms with Gasteiger partial charge >= 0.3 is 0 Å². The molecule has 1 rings (SSSR count). The molecule has 0 bridgehead atoms. The molecule has 1 nitrogen and oxygen atoms in total. The lowest BCUT2D eigenvalue weighted by Gasteiger charge is -2.30. The number of unbranched alkanes of at least 4 members (excludes halogenated alkanes) is 15. The lowest BCUT2D eigenvalue weighted by molar-refractivity contribution is 0.00371. The Balaban J connectivity index is 1.78. The highest BCUT2D eigenvalue weighted by molar-refractivity contribution is 4.79. The zero-order valence-electron chi connectivity index (χ0n) is 18.9. The van der Waals surface area contributed by atoms with E-state index in [0.717, 1.165) is 19.3 Å². The highest BCUT2D eigenvalue weighted by Gasteiger charge is 2.26. The van der Waals surface area contributed by atoms with Crippen LogP contribution in [0.15, 0.2) is 0 Å². The van der Waals surface area contributed by atoms with Crippen molar-refractivity contribution >= 4 is 0 Å². The van der Waals surface area contributed by atoms with Crippen molar-refractivity contribution in [1.82, 2.24) is 0 Å². The second kappa shape index (κ2) is 18.0. The summed E-state index contributed by atoms with van der Waals surface area (Å²) in [7, 11) is 0. The summed E-state index contributed by atoms with van der Waals surface area (Å²) in [6.45, 7) is 2.30. The van der Waals surface area contributed by atoms with Crippen LogP contribution in [0.1, 0.15) is 161 Å². The molecule has 1 aliphatic carbocycles. The van der Waals surface area contributed by atoms with E-state index in [4.69, 9.17) is 0 Å². The van der Waals surface area contributed by atoms with E-state index in [1.807, 2.05) is 0 Å². The van der Waals surface area contributed by atoms with Crippen LogP contribution in [-0.4, -0.2) is 10.7 Å². The van der Waals surface area contributed by atoms with E-state index >= 15 is 0 Å². The Hall–Kier alpha value is -0.0400. The Morgan fingerprint density at radius 3 is 1.22 bits per heavy atom. The molecule has 1 heteroatoms. The van der Waals surface area contributed by atoms with E-state index in [9.17, 15) is 5.11 Å². The predicted octanol–water partition coefficient (Wildman–Crippen LogP) is 9.11. The monoisotopic (exact) mass is 380 g/mol. The first-order valence-electron chi connectivity index (χ1n) is 13.0. The molecule has 0 unspecified atom stereocenters. The quantitative estimate of drug-likeness (QED) is 0.249. The fourth-order valence-corrected chi connectivity index (χ4v) is 4.82. The largest absolute Gasteiger partial charge is 0.390 e. The maximum atomic E-state index is 10.8. The molecule has 27 heavy (non-hydrogen) atoms. The minimum Gasteiger partial charge on any atom is -0.390 e. The third-order valence-electron chi connectivity index (χ3n) is 6.78. The van der Waals surface area contributed by atoms with Crippen molar-refractivity contribution in [3.8, 4) is 0 Å². The molecule has 1 saturated carbocycles. The molecule has 0 atom stereocenters. The van der Waals surface area contributed by atoms with Gasteiger partial charge in [-0.3, -0.25) is 0 Å². The third-order valence-corrected chi connectivity index (χ3v) is 6.78. The van der Waals surface area contributed by atoms with Crippen LogP contribution in [0.3, 0.4) is 0 Å².